The third-order valence-corrected chi connectivity index (χ3v) is 14.2. The van der Waals surface area contributed by atoms with Crippen molar-refractivity contribution in [1.29, 1.82) is 0 Å². The number of ketones is 1. The van der Waals surface area contributed by atoms with Gasteiger partial charge in [0.15, 0.2) is 0 Å². The van der Waals surface area contributed by atoms with E-state index in [0.717, 1.165) is 71.7 Å². The van der Waals surface area contributed by atoms with Gasteiger partial charge in [-0.2, -0.15) is 4.36 Å². The van der Waals surface area contributed by atoms with Gasteiger partial charge in [0.2, 0.25) is 0 Å². The molecule has 1 amide bonds. The van der Waals surface area contributed by atoms with E-state index < -0.39 is 15.6 Å². The summed E-state index contributed by atoms with van der Waals surface area (Å²) in [5, 5.41) is 10.5. The van der Waals surface area contributed by atoms with Crippen LogP contribution in [0.25, 0.3) is 0 Å². The number of ether oxygens (including phenoxy) is 2. The summed E-state index contributed by atoms with van der Waals surface area (Å²) >= 11 is 7.90. The summed E-state index contributed by atoms with van der Waals surface area (Å²) in [5.41, 5.74) is 3.51. The van der Waals surface area contributed by atoms with E-state index in [0.29, 0.717) is 43.3 Å². The standard InChI is InChI=1S/C38H45ClN4O5S2/c1-25-40-41-36(49-25)16-12-30(44)22-50(46)18-5-3-4-8-34(47-2)31-13-9-28(31)21-43-23-38(17-6-7-26-19-29(39)11-14-32(26)38)24-48-35-15-10-27(20-33(35)43)37(45)42-50/h4,8,10-11,14-15,19-20,28,31,34H,3,5-7,9,12-13,16-18,21-24H2,1-2H3/b8-4+/t28-,31+,34-,38-,50+/m0/s1. The number of methoxy groups -OCH3 is 1. The normalized spacial score (nSPS) is 28.7. The zero-order valence-electron chi connectivity index (χ0n) is 28.8. The van der Waals surface area contributed by atoms with E-state index in [4.69, 9.17) is 21.1 Å². The molecule has 50 heavy (non-hydrogen) atoms. The maximum Gasteiger partial charge on any atom is 0.285 e. The minimum atomic E-state index is -3.17. The van der Waals surface area contributed by atoms with Crippen molar-refractivity contribution in [2.24, 2.45) is 16.2 Å². The summed E-state index contributed by atoms with van der Waals surface area (Å²) in [6.07, 6.45) is 11.2. The van der Waals surface area contributed by atoms with Gasteiger partial charge in [-0.25, -0.2) is 4.21 Å². The first kappa shape index (κ1) is 35.3. The van der Waals surface area contributed by atoms with Gasteiger partial charge in [0.25, 0.3) is 5.91 Å². The number of allylic oxidation sites excluding steroid dienone is 1. The molecular formula is C38H45ClN4O5S2. The van der Waals surface area contributed by atoms with Gasteiger partial charge >= 0.3 is 0 Å². The molecule has 12 heteroatoms. The molecule has 0 unspecified atom stereocenters. The monoisotopic (exact) mass is 736 g/mol. The van der Waals surface area contributed by atoms with Crippen LogP contribution in [0.3, 0.4) is 0 Å². The summed E-state index contributed by atoms with van der Waals surface area (Å²) in [4.78, 5) is 29.5. The third-order valence-electron chi connectivity index (χ3n) is 10.9. The highest BCUT2D eigenvalue weighted by Gasteiger charge is 2.44. The number of aryl methyl sites for hydroxylation is 3. The van der Waals surface area contributed by atoms with Crippen molar-refractivity contribution in [3.8, 4) is 5.75 Å². The topological polar surface area (TPSA) is 111 Å². The van der Waals surface area contributed by atoms with E-state index in [1.54, 1.807) is 13.2 Å². The summed E-state index contributed by atoms with van der Waals surface area (Å²) in [6.45, 7) is 3.92. The maximum absolute atomic E-state index is 14.3. The van der Waals surface area contributed by atoms with Crippen molar-refractivity contribution >= 4 is 50.0 Å². The highest BCUT2D eigenvalue weighted by Crippen LogP contribution is 2.47. The van der Waals surface area contributed by atoms with Crippen molar-refractivity contribution in [3.63, 3.8) is 0 Å². The largest absolute Gasteiger partial charge is 0.490 e. The van der Waals surface area contributed by atoms with Crippen LogP contribution in [0.1, 0.15) is 76.4 Å². The Balaban J connectivity index is 1.24. The molecular weight excluding hydrogens is 692 g/mol. The van der Waals surface area contributed by atoms with Gasteiger partial charge in [-0.3, -0.25) is 9.59 Å². The van der Waals surface area contributed by atoms with Crippen LogP contribution < -0.4 is 9.64 Å². The molecule has 1 aromatic heterocycles. The molecule has 9 nitrogen and oxygen atoms in total. The molecule has 0 radical (unpaired) electrons. The van der Waals surface area contributed by atoms with Crippen LogP contribution in [0, 0.1) is 18.8 Å². The summed E-state index contributed by atoms with van der Waals surface area (Å²) in [5.74, 6) is 0.628. The van der Waals surface area contributed by atoms with Gasteiger partial charge < -0.3 is 14.4 Å². The Kier molecular flexibility index (Phi) is 10.5. The van der Waals surface area contributed by atoms with Gasteiger partial charge in [0.05, 0.1) is 33.9 Å². The van der Waals surface area contributed by atoms with Crippen LogP contribution in [0.2, 0.25) is 5.02 Å². The van der Waals surface area contributed by atoms with Crippen molar-refractivity contribution in [1.82, 2.24) is 10.2 Å². The van der Waals surface area contributed by atoms with Gasteiger partial charge in [-0.05, 0) is 105 Å². The van der Waals surface area contributed by atoms with Crippen LogP contribution in [0.4, 0.5) is 5.69 Å². The minimum Gasteiger partial charge on any atom is -0.490 e. The number of benzene rings is 2. The third kappa shape index (κ3) is 7.56. The average molecular weight is 737 g/mol. The number of nitrogens with zero attached hydrogens (tertiary/aromatic N) is 4. The highest BCUT2D eigenvalue weighted by molar-refractivity contribution is 7.94. The number of rotatable bonds is 6. The van der Waals surface area contributed by atoms with E-state index in [-0.39, 0.29) is 35.2 Å². The summed E-state index contributed by atoms with van der Waals surface area (Å²) in [6, 6.07) is 11.7. The van der Waals surface area contributed by atoms with Crippen molar-refractivity contribution in [2.45, 2.75) is 76.2 Å². The van der Waals surface area contributed by atoms with Gasteiger partial charge in [-0.15, -0.1) is 21.5 Å². The quantitative estimate of drug-likeness (QED) is 0.245. The van der Waals surface area contributed by atoms with Crippen LogP contribution >= 0.6 is 22.9 Å². The van der Waals surface area contributed by atoms with E-state index >= 15 is 0 Å². The fourth-order valence-corrected chi connectivity index (χ4v) is 11.1. The number of hydrogen-bond donors (Lipinski definition) is 0. The molecule has 1 spiro atoms. The van der Waals surface area contributed by atoms with E-state index in [2.05, 4.69) is 43.7 Å². The number of aromatic nitrogens is 2. The first-order valence-corrected chi connectivity index (χ1v) is 20.8. The second kappa shape index (κ2) is 14.9. The number of amides is 1. The number of carbonyl (C=O) groups excluding carboxylic acids is 2. The first-order chi connectivity index (χ1) is 24.1. The Morgan fingerprint density at radius 2 is 2.06 bits per heavy atom. The predicted octanol–water partition coefficient (Wildman–Crippen LogP) is 7.17. The second-order valence-electron chi connectivity index (χ2n) is 14.3. The Labute approximate surface area is 304 Å². The Morgan fingerprint density at radius 1 is 1.18 bits per heavy atom. The molecule has 0 saturated heterocycles. The van der Waals surface area contributed by atoms with Crippen molar-refractivity contribution in [2.75, 3.05) is 43.2 Å². The first-order valence-electron chi connectivity index (χ1n) is 17.7. The lowest BCUT2D eigenvalue weighted by molar-refractivity contribution is -0.116. The lowest BCUT2D eigenvalue weighted by atomic mass is 9.68. The summed E-state index contributed by atoms with van der Waals surface area (Å²) < 4.78 is 31.4. The molecule has 2 aromatic carbocycles. The van der Waals surface area contributed by atoms with E-state index in [1.807, 2.05) is 25.1 Å². The van der Waals surface area contributed by atoms with E-state index in [1.165, 1.54) is 22.5 Å². The highest BCUT2D eigenvalue weighted by atomic mass is 35.5. The number of carbonyl (C=O) groups is 2. The molecule has 266 valence electrons. The molecule has 5 atom stereocenters. The molecule has 0 N–H and O–H groups in total. The number of Topliss-reactive ketones (excluding diaryl/α,β-unsaturated/α-hetero) is 1. The maximum atomic E-state index is 14.3. The fourth-order valence-electron chi connectivity index (χ4n) is 8.20. The lowest BCUT2D eigenvalue weighted by Crippen LogP contribution is -2.49. The average Bonchev–Trinajstić information content (AvgIpc) is 3.44. The van der Waals surface area contributed by atoms with Crippen LogP contribution in [0.5, 0.6) is 5.75 Å². The number of fused-ring (bicyclic) bond motifs is 4. The predicted molar refractivity (Wildman–Crippen MR) is 198 cm³/mol. The molecule has 3 aromatic rings. The van der Waals surface area contributed by atoms with Crippen LogP contribution in [-0.4, -0.2) is 70.5 Å². The number of halogens is 1. The van der Waals surface area contributed by atoms with Crippen molar-refractivity contribution < 1.29 is 23.3 Å². The minimum absolute atomic E-state index is 0.0246. The Morgan fingerprint density at radius 3 is 2.84 bits per heavy atom. The smallest absolute Gasteiger partial charge is 0.285 e. The molecule has 2 aliphatic heterocycles. The summed E-state index contributed by atoms with van der Waals surface area (Å²) in [7, 11) is -1.40. The van der Waals surface area contributed by atoms with Gasteiger partial charge in [0.1, 0.15) is 21.5 Å². The van der Waals surface area contributed by atoms with Crippen molar-refractivity contribution in [3.05, 3.63) is 80.3 Å². The van der Waals surface area contributed by atoms with Gasteiger partial charge in [-0.1, -0.05) is 29.8 Å². The molecule has 7 rings (SSSR count). The Hall–Kier alpha value is -3.12. The molecule has 4 aliphatic rings. The van der Waals surface area contributed by atoms with Crippen LogP contribution in [-0.2, 0) is 37.5 Å². The lowest BCUT2D eigenvalue weighted by Gasteiger charge is -2.46. The van der Waals surface area contributed by atoms with Gasteiger partial charge in [0, 0.05) is 54.8 Å². The molecule has 1 fully saturated rings. The zero-order chi connectivity index (χ0) is 34.9. The SMILES string of the molecule is CO[C@H]1/C=C/CCC[S@@](=O)(CC(=O)CCc2nnc(C)s2)=NC(=O)c2ccc3c(c2)N(C[C@@H]2CC[C@H]21)C[C@@]1(CCCc2cc(Cl)ccc21)CO3. The molecule has 1 saturated carbocycles. The fraction of sp³-hybridized carbons (Fsp3) is 0.526. The van der Waals surface area contributed by atoms with E-state index in [9.17, 15) is 13.8 Å². The number of anilines is 1. The number of hydrogen-bond acceptors (Lipinski definition) is 9. The Bertz CT molecular complexity index is 1920. The second-order valence-corrected chi connectivity index (χ2v) is 18.5. The molecule has 2 aliphatic carbocycles. The zero-order valence-corrected chi connectivity index (χ0v) is 31.2. The van der Waals surface area contributed by atoms with Crippen LogP contribution in [0.15, 0.2) is 52.9 Å². The molecule has 3 heterocycles. The molecule has 2 bridgehead atoms.